The maximum atomic E-state index is 5.74. The Hall–Kier alpha value is -3.19. The second kappa shape index (κ2) is 10.4. The van der Waals surface area contributed by atoms with Gasteiger partial charge >= 0.3 is 0 Å². The molecule has 0 aliphatic carbocycles. The molecule has 5 aromatic rings. The van der Waals surface area contributed by atoms with E-state index in [9.17, 15) is 0 Å². The van der Waals surface area contributed by atoms with E-state index < -0.39 is 0 Å². The molecule has 0 aliphatic heterocycles. The second-order valence-electron chi connectivity index (χ2n) is 9.02. The molecule has 1 atom stereocenters. The molecule has 0 aliphatic rings. The Morgan fingerprint density at radius 2 is 1.25 bits per heavy atom. The largest absolute Gasteiger partial charge is 0.496 e. The van der Waals surface area contributed by atoms with Gasteiger partial charge in [0.05, 0.1) is 36.6 Å². The van der Waals surface area contributed by atoms with Gasteiger partial charge in [-0.05, 0) is 55.3 Å². The van der Waals surface area contributed by atoms with Gasteiger partial charge in [-0.3, -0.25) is 0 Å². The Bertz CT molecular complexity index is 1560. The topological polar surface area (TPSA) is 44.2 Å². The molecule has 0 fully saturated rings. The van der Waals surface area contributed by atoms with Crippen molar-refractivity contribution in [2.75, 3.05) is 14.2 Å². The van der Waals surface area contributed by atoms with Gasteiger partial charge in [-0.2, -0.15) is 0 Å². The summed E-state index contributed by atoms with van der Waals surface area (Å²) < 4.78 is 11.8. The lowest BCUT2D eigenvalue weighted by Crippen LogP contribution is -1.96. The molecule has 5 rings (SSSR count). The summed E-state index contributed by atoms with van der Waals surface area (Å²) in [5, 5.41) is 2.11. The highest BCUT2D eigenvalue weighted by Gasteiger charge is 2.15. The number of halogens is 1. The van der Waals surface area contributed by atoms with E-state index in [4.69, 9.17) is 19.4 Å². The first-order valence-electron chi connectivity index (χ1n) is 12.2. The van der Waals surface area contributed by atoms with Crippen molar-refractivity contribution in [2.45, 2.75) is 30.6 Å². The van der Waals surface area contributed by atoms with Crippen LogP contribution in [0.4, 0.5) is 0 Å². The van der Waals surface area contributed by atoms with Crippen molar-refractivity contribution in [1.82, 2.24) is 9.97 Å². The molecule has 0 bridgehead atoms. The number of nitrogens with zero attached hydrogens (tertiary/aromatic N) is 2. The minimum atomic E-state index is 0.451. The summed E-state index contributed by atoms with van der Waals surface area (Å²) in [5.74, 6) is 1.63. The molecule has 0 N–H and O–H groups in total. The number of pyridine rings is 2. The third-order valence-electron chi connectivity index (χ3n) is 6.55. The van der Waals surface area contributed by atoms with Gasteiger partial charge in [0, 0.05) is 25.8 Å². The molecule has 0 saturated heterocycles. The van der Waals surface area contributed by atoms with Crippen molar-refractivity contribution in [3.63, 3.8) is 0 Å². The molecule has 0 saturated carbocycles. The molecule has 4 nitrogen and oxygen atoms in total. The normalized spacial score (nSPS) is 12.1. The summed E-state index contributed by atoms with van der Waals surface area (Å²) in [4.78, 5) is 10.2. The Kier molecular flexibility index (Phi) is 7.10. The number of aryl methyl sites for hydroxylation is 1. The van der Waals surface area contributed by atoms with Crippen LogP contribution in [0.15, 0.2) is 72.8 Å². The third kappa shape index (κ3) is 4.64. The Labute approximate surface area is 225 Å². The highest BCUT2D eigenvalue weighted by molar-refractivity contribution is 14.1. The summed E-state index contributed by atoms with van der Waals surface area (Å²) in [6.07, 6.45) is 2.28. The minimum Gasteiger partial charge on any atom is -0.496 e. The first-order valence-corrected chi connectivity index (χ1v) is 13.4. The van der Waals surface area contributed by atoms with Crippen LogP contribution in [0.2, 0.25) is 0 Å². The standard InChI is InChI=1S/C31H29IN2O2/c1-5-6-25(32)22-12-16-29(36-4)24(18-22)27-14-11-21-9-8-20-10-13-26(33-30(20)31(21)34-27)23-17-19(2)7-15-28(23)35-3/h7-18,25H,5-6H2,1-4H3. The monoisotopic (exact) mass is 588 g/mol. The van der Waals surface area contributed by atoms with Crippen molar-refractivity contribution < 1.29 is 9.47 Å². The first-order chi connectivity index (χ1) is 17.5. The zero-order chi connectivity index (χ0) is 25.2. The van der Waals surface area contributed by atoms with E-state index in [0.717, 1.165) is 74.2 Å². The van der Waals surface area contributed by atoms with E-state index in [0.29, 0.717) is 3.92 Å². The number of aromatic nitrogens is 2. The molecule has 182 valence electrons. The number of hydrogen-bond acceptors (Lipinski definition) is 4. The van der Waals surface area contributed by atoms with Gasteiger partial charge in [0.25, 0.3) is 0 Å². The van der Waals surface area contributed by atoms with Crippen molar-refractivity contribution in [3.05, 3.63) is 83.9 Å². The van der Waals surface area contributed by atoms with Crippen LogP contribution in [0, 0.1) is 6.92 Å². The number of fused-ring (bicyclic) bond motifs is 3. The van der Waals surface area contributed by atoms with Gasteiger partial charge in [-0.25, -0.2) is 9.97 Å². The maximum absolute atomic E-state index is 5.74. The van der Waals surface area contributed by atoms with Gasteiger partial charge in [-0.1, -0.05) is 77.9 Å². The summed E-state index contributed by atoms with van der Waals surface area (Å²) in [7, 11) is 3.41. The van der Waals surface area contributed by atoms with Crippen molar-refractivity contribution in [1.29, 1.82) is 0 Å². The minimum absolute atomic E-state index is 0.451. The zero-order valence-corrected chi connectivity index (χ0v) is 23.2. The van der Waals surface area contributed by atoms with Crippen LogP contribution in [0.5, 0.6) is 11.5 Å². The average Bonchev–Trinajstić information content (AvgIpc) is 2.92. The number of benzene rings is 3. The van der Waals surface area contributed by atoms with Crippen LogP contribution in [0.3, 0.4) is 0 Å². The van der Waals surface area contributed by atoms with Crippen molar-refractivity contribution in [3.8, 4) is 34.0 Å². The van der Waals surface area contributed by atoms with Gasteiger partial charge < -0.3 is 9.47 Å². The molecular weight excluding hydrogens is 559 g/mol. The first kappa shape index (κ1) is 24.5. The fourth-order valence-electron chi connectivity index (χ4n) is 4.63. The molecule has 1 unspecified atom stereocenters. The van der Waals surface area contributed by atoms with Crippen LogP contribution < -0.4 is 9.47 Å². The van der Waals surface area contributed by atoms with Crippen molar-refractivity contribution in [2.24, 2.45) is 0 Å². The second-order valence-corrected chi connectivity index (χ2v) is 10.5. The molecule has 5 heteroatoms. The Balaban J connectivity index is 1.70. The lowest BCUT2D eigenvalue weighted by molar-refractivity contribution is 0.416. The number of rotatable bonds is 7. The summed E-state index contributed by atoms with van der Waals surface area (Å²) >= 11 is 2.53. The predicted octanol–water partition coefficient (Wildman–Crippen LogP) is 8.72. The number of ether oxygens (including phenoxy) is 2. The van der Waals surface area contributed by atoms with E-state index >= 15 is 0 Å². The summed E-state index contributed by atoms with van der Waals surface area (Å²) in [5.41, 5.74) is 7.95. The van der Waals surface area contributed by atoms with Crippen LogP contribution in [0.25, 0.3) is 44.3 Å². The molecule has 3 aromatic carbocycles. The molecule has 0 amide bonds. The van der Waals surface area contributed by atoms with E-state index in [2.05, 4.69) is 103 Å². The smallest absolute Gasteiger partial charge is 0.128 e. The molecule has 2 heterocycles. The van der Waals surface area contributed by atoms with E-state index in [-0.39, 0.29) is 0 Å². The zero-order valence-electron chi connectivity index (χ0n) is 21.0. The summed E-state index contributed by atoms with van der Waals surface area (Å²) in [6, 6.07) is 25.2. The summed E-state index contributed by atoms with van der Waals surface area (Å²) in [6.45, 7) is 4.30. The van der Waals surface area contributed by atoms with Gasteiger partial charge in [0.1, 0.15) is 11.5 Å². The Morgan fingerprint density at radius 3 is 1.81 bits per heavy atom. The van der Waals surface area contributed by atoms with Crippen LogP contribution in [0.1, 0.15) is 34.8 Å². The lowest BCUT2D eigenvalue weighted by Gasteiger charge is -2.15. The molecule has 0 radical (unpaired) electrons. The van der Waals surface area contributed by atoms with Crippen LogP contribution in [-0.2, 0) is 0 Å². The highest BCUT2D eigenvalue weighted by atomic mass is 127. The third-order valence-corrected chi connectivity index (χ3v) is 7.90. The van der Waals surface area contributed by atoms with Crippen molar-refractivity contribution >= 4 is 44.4 Å². The predicted molar refractivity (Wildman–Crippen MR) is 157 cm³/mol. The maximum Gasteiger partial charge on any atom is 0.128 e. The molecule has 2 aromatic heterocycles. The fourth-order valence-corrected chi connectivity index (χ4v) is 5.64. The number of methoxy groups -OCH3 is 2. The van der Waals surface area contributed by atoms with Gasteiger partial charge in [-0.15, -0.1) is 0 Å². The molecule has 36 heavy (non-hydrogen) atoms. The quantitative estimate of drug-likeness (QED) is 0.108. The van der Waals surface area contributed by atoms with Crippen LogP contribution in [-0.4, -0.2) is 24.2 Å². The van der Waals surface area contributed by atoms with Gasteiger partial charge in [0.15, 0.2) is 0 Å². The number of alkyl halides is 1. The molecular formula is C31H29IN2O2. The number of hydrogen-bond donors (Lipinski definition) is 0. The van der Waals surface area contributed by atoms with E-state index in [1.165, 1.54) is 5.56 Å². The van der Waals surface area contributed by atoms with E-state index in [1.807, 2.05) is 6.07 Å². The highest BCUT2D eigenvalue weighted by Crippen LogP contribution is 2.37. The molecule has 0 spiro atoms. The fraction of sp³-hybridized carbons (Fsp3) is 0.226. The van der Waals surface area contributed by atoms with Gasteiger partial charge in [0.2, 0.25) is 0 Å². The average molecular weight is 588 g/mol. The lowest BCUT2D eigenvalue weighted by atomic mass is 10.0. The van der Waals surface area contributed by atoms with E-state index in [1.54, 1.807) is 14.2 Å². The van der Waals surface area contributed by atoms with Crippen LogP contribution >= 0.6 is 22.6 Å². The SMILES string of the molecule is CCCC(I)c1ccc(OC)c(-c2ccc3ccc4ccc(-c5cc(C)ccc5OC)nc4c3n2)c1. The Morgan fingerprint density at radius 1 is 0.722 bits per heavy atom.